The lowest BCUT2D eigenvalue weighted by Gasteiger charge is -2.37. The summed E-state index contributed by atoms with van der Waals surface area (Å²) in [7, 11) is 0. The van der Waals surface area contributed by atoms with E-state index in [4.69, 9.17) is 27.6 Å². The van der Waals surface area contributed by atoms with Crippen LogP contribution in [-0.4, -0.2) is 49.0 Å². The van der Waals surface area contributed by atoms with Crippen LogP contribution in [0.5, 0.6) is 0 Å². The van der Waals surface area contributed by atoms with Crippen molar-refractivity contribution < 1.29 is 14.3 Å². The van der Waals surface area contributed by atoms with Crippen molar-refractivity contribution in [1.82, 2.24) is 24.9 Å². The lowest BCUT2D eigenvalue weighted by molar-refractivity contribution is -0.136. The Hall–Kier alpha value is -2.72. The van der Waals surface area contributed by atoms with Gasteiger partial charge in [-0.15, -0.1) is 5.10 Å². The molecule has 1 N–H and O–H groups in total. The second-order valence-corrected chi connectivity index (χ2v) is 10.8. The zero-order valence-electron chi connectivity index (χ0n) is 20.0. The molecule has 1 aliphatic rings. The van der Waals surface area contributed by atoms with Crippen molar-refractivity contribution in [2.24, 2.45) is 0 Å². The SMILES string of the molecule is Cc1c(Br)cccc1-n1cc(C2(O)CCN(C(=O)CCc3ncc(-c4ccc(Cl)cc4Cl)o3)CC2)nn1. The van der Waals surface area contributed by atoms with Gasteiger partial charge in [0.2, 0.25) is 5.91 Å². The molecule has 1 amide bonds. The maximum atomic E-state index is 12.8. The summed E-state index contributed by atoms with van der Waals surface area (Å²) in [5, 5.41) is 20.8. The van der Waals surface area contributed by atoms with E-state index in [2.05, 4.69) is 31.2 Å². The van der Waals surface area contributed by atoms with Crippen LogP contribution < -0.4 is 0 Å². The van der Waals surface area contributed by atoms with Gasteiger partial charge in [-0.25, -0.2) is 9.67 Å². The molecule has 2 aromatic heterocycles. The van der Waals surface area contributed by atoms with Crippen LogP contribution in [0.1, 0.15) is 36.4 Å². The van der Waals surface area contributed by atoms with E-state index >= 15 is 0 Å². The van der Waals surface area contributed by atoms with E-state index in [1.54, 1.807) is 40.2 Å². The Morgan fingerprint density at radius 1 is 1.22 bits per heavy atom. The number of rotatable bonds is 6. The van der Waals surface area contributed by atoms with Gasteiger partial charge in [0.05, 0.1) is 23.1 Å². The molecular weight excluding hydrogens is 581 g/mol. The Balaban J connectivity index is 1.17. The van der Waals surface area contributed by atoms with E-state index in [9.17, 15) is 9.90 Å². The number of oxazole rings is 1. The number of likely N-dealkylation sites (tertiary alicyclic amines) is 1. The summed E-state index contributed by atoms with van der Waals surface area (Å²) in [4.78, 5) is 18.9. The van der Waals surface area contributed by atoms with Crippen LogP contribution in [0.25, 0.3) is 17.0 Å². The van der Waals surface area contributed by atoms with Gasteiger partial charge in [-0.05, 0) is 55.7 Å². The van der Waals surface area contributed by atoms with E-state index in [0.29, 0.717) is 65.3 Å². The van der Waals surface area contributed by atoms with Crippen molar-refractivity contribution in [2.45, 2.75) is 38.2 Å². The smallest absolute Gasteiger partial charge is 0.223 e. The largest absolute Gasteiger partial charge is 0.441 e. The van der Waals surface area contributed by atoms with E-state index in [-0.39, 0.29) is 12.3 Å². The summed E-state index contributed by atoms with van der Waals surface area (Å²) in [5.41, 5.74) is 1.98. The van der Waals surface area contributed by atoms with Crippen molar-refractivity contribution in [3.63, 3.8) is 0 Å². The number of amides is 1. The summed E-state index contributed by atoms with van der Waals surface area (Å²) in [6.45, 7) is 2.84. The maximum Gasteiger partial charge on any atom is 0.223 e. The Bertz CT molecular complexity index is 1450. The first kappa shape index (κ1) is 25.9. The number of nitrogens with zero attached hydrogens (tertiary/aromatic N) is 5. The number of hydrogen-bond donors (Lipinski definition) is 1. The lowest BCUT2D eigenvalue weighted by atomic mass is 9.88. The van der Waals surface area contributed by atoms with Crippen LogP contribution in [0.15, 0.2) is 57.7 Å². The average Bonchev–Trinajstić information content (AvgIpc) is 3.55. The van der Waals surface area contributed by atoms with Gasteiger partial charge in [-0.2, -0.15) is 0 Å². The van der Waals surface area contributed by atoms with Crippen LogP contribution >= 0.6 is 39.1 Å². The van der Waals surface area contributed by atoms with E-state index in [1.807, 2.05) is 25.1 Å². The maximum absolute atomic E-state index is 12.8. The fraction of sp³-hybridized carbons (Fsp3) is 0.308. The molecule has 0 atom stereocenters. The minimum Gasteiger partial charge on any atom is -0.441 e. The molecule has 3 heterocycles. The molecule has 5 rings (SSSR count). The highest BCUT2D eigenvalue weighted by atomic mass is 79.9. The molecule has 0 radical (unpaired) electrons. The third kappa shape index (κ3) is 5.45. The molecule has 11 heteroatoms. The van der Waals surface area contributed by atoms with Gasteiger partial charge in [-0.1, -0.05) is 50.4 Å². The molecule has 0 aliphatic carbocycles. The van der Waals surface area contributed by atoms with Crippen LogP contribution in [0.4, 0.5) is 0 Å². The van der Waals surface area contributed by atoms with Gasteiger partial charge >= 0.3 is 0 Å². The molecule has 0 spiro atoms. The van der Waals surface area contributed by atoms with E-state index in [0.717, 1.165) is 15.7 Å². The first-order chi connectivity index (χ1) is 17.7. The molecule has 8 nitrogen and oxygen atoms in total. The number of carbonyl (C=O) groups is 1. The molecular formula is C26H24BrCl2N5O3. The molecule has 0 saturated carbocycles. The van der Waals surface area contributed by atoms with E-state index in [1.165, 1.54) is 0 Å². The fourth-order valence-electron chi connectivity index (χ4n) is 4.43. The fourth-order valence-corrected chi connectivity index (χ4v) is 5.29. The third-order valence-corrected chi connectivity index (χ3v) is 8.11. The molecule has 0 unspecified atom stereocenters. The van der Waals surface area contributed by atoms with Gasteiger partial charge in [-0.3, -0.25) is 4.79 Å². The number of aryl methyl sites for hydroxylation is 1. The van der Waals surface area contributed by atoms with Crippen LogP contribution in [0.2, 0.25) is 10.0 Å². The quantitative estimate of drug-likeness (QED) is 0.301. The van der Waals surface area contributed by atoms with Crippen molar-refractivity contribution in [3.8, 4) is 17.0 Å². The number of hydrogen-bond acceptors (Lipinski definition) is 6. The van der Waals surface area contributed by atoms with Crippen LogP contribution in [0.3, 0.4) is 0 Å². The highest BCUT2D eigenvalue weighted by molar-refractivity contribution is 9.10. The molecule has 1 aliphatic heterocycles. The monoisotopic (exact) mass is 603 g/mol. The highest BCUT2D eigenvalue weighted by Gasteiger charge is 2.38. The second kappa shape index (κ2) is 10.6. The number of carbonyl (C=O) groups excluding carboxylic acids is 1. The first-order valence-corrected chi connectivity index (χ1v) is 13.4. The van der Waals surface area contributed by atoms with Crippen molar-refractivity contribution in [1.29, 1.82) is 0 Å². The predicted molar refractivity (Wildman–Crippen MR) is 144 cm³/mol. The van der Waals surface area contributed by atoms with Crippen LogP contribution in [-0.2, 0) is 16.8 Å². The normalized spacial score (nSPS) is 15.2. The minimum absolute atomic E-state index is 0.0141. The first-order valence-electron chi connectivity index (χ1n) is 11.8. The highest BCUT2D eigenvalue weighted by Crippen LogP contribution is 2.33. The molecule has 1 saturated heterocycles. The summed E-state index contributed by atoms with van der Waals surface area (Å²) in [6.07, 6.45) is 4.74. The summed E-state index contributed by atoms with van der Waals surface area (Å²) >= 11 is 15.7. The van der Waals surface area contributed by atoms with Crippen LogP contribution in [0, 0.1) is 6.92 Å². The number of halogens is 3. The van der Waals surface area contributed by atoms with Gasteiger partial charge in [0.25, 0.3) is 0 Å². The topological polar surface area (TPSA) is 97.3 Å². The standard InChI is InChI=1S/C26H24BrCl2N5O3/c1-16-19(27)3-2-4-21(16)34-15-23(31-32-34)26(36)9-11-33(12-10-26)25(35)8-7-24-30-14-22(37-24)18-6-5-17(28)13-20(18)29/h2-6,13-15,36H,7-12H2,1H3. The molecule has 192 valence electrons. The lowest BCUT2D eigenvalue weighted by Crippen LogP contribution is -2.45. The van der Waals surface area contributed by atoms with Crippen molar-refractivity contribution in [2.75, 3.05) is 13.1 Å². The van der Waals surface area contributed by atoms with Gasteiger partial charge in [0, 0.05) is 41.0 Å². The summed E-state index contributed by atoms with van der Waals surface area (Å²) in [5.74, 6) is 0.973. The molecule has 4 aromatic rings. The predicted octanol–water partition coefficient (Wildman–Crippen LogP) is 5.74. The number of benzene rings is 2. The van der Waals surface area contributed by atoms with E-state index < -0.39 is 5.60 Å². The Morgan fingerprint density at radius 3 is 2.76 bits per heavy atom. The molecule has 1 fully saturated rings. The number of aliphatic hydroxyl groups is 1. The Kier molecular flexibility index (Phi) is 7.40. The van der Waals surface area contributed by atoms with Gasteiger partial charge in [0.15, 0.2) is 11.7 Å². The van der Waals surface area contributed by atoms with Crippen molar-refractivity contribution >= 4 is 45.0 Å². The zero-order valence-corrected chi connectivity index (χ0v) is 23.1. The number of aromatic nitrogens is 4. The molecule has 37 heavy (non-hydrogen) atoms. The second-order valence-electron chi connectivity index (χ2n) is 9.09. The molecule has 2 aromatic carbocycles. The Labute approximate surface area is 232 Å². The average molecular weight is 605 g/mol. The minimum atomic E-state index is -1.13. The third-order valence-electron chi connectivity index (χ3n) is 6.70. The summed E-state index contributed by atoms with van der Waals surface area (Å²) in [6, 6.07) is 11.0. The number of piperidine rings is 1. The van der Waals surface area contributed by atoms with Gasteiger partial charge in [0.1, 0.15) is 11.3 Å². The Morgan fingerprint density at radius 2 is 2.00 bits per heavy atom. The zero-order chi connectivity index (χ0) is 26.2. The summed E-state index contributed by atoms with van der Waals surface area (Å²) < 4.78 is 8.45. The molecule has 0 bridgehead atoms. The van der Waals surface area contributed by atoms with Gasteiger partial charge < -0.3 is 14.4 Å². The van der Waals surface area contributed by atoms with Crippen molar-refractivity contribution in [3.05, 3.63) is 80.5 Å².